The van der Waals surface area contributed by atoms with E-state index in [9.17, 15) is 4.79 Å². The number of hydrogen-bond acceptors (Lipinski definition) is 6. The summed E-state index contributed by atoms with van der Waals surface area (Å²) < 4.78 is 1.75. The van der Waals surface area contributed by atoms with Crippen LogP contribution in [0, 0.1) is 6.92 Å². The maximum absolute atomic E-state index is 12.5. The molecule has 0 spiro atoms. The molecule has 8 heteroatoms. The summed E-state index contributed by atoms with van der Waals surface area (Å²) in [6.07, 6.45) is 10.8. The Hall–Kier alpha value is -3.00. The minimum absolute atomic E-state index is 0.0564. The number of nitrogens with zero attached hydrogens (tertiary/aromatic N) is 5. The molecule has 0 radical (unpaired) electrons. The lowest BCUT2D eigenvalue weighted by atomic mass is 9.90. The summed E-state index contributed by atoms with van der Waals surface area (Å²) in [7, 11) is 1.86. The molecular weight excluding hydrogens is 384 g/mol. The molecule has 0 bridgehead atoms. The molecule has 0 atom stereocenters. The van der Waals surface area contributed by atoms with Gasteiger partial charge in [-0.25, -0.2) is 9.97 Å². The summed E-state index contributed by atoms with van der Waals surface area (Å²) in [5.74, 6) is 1.30. The summed E-state index contributed by atoms with van der Waals surface area (Å²) in [6, 6.07) is 6.06. The molecule has 1 aliphatic heterocycles. The van der Waals surface area contributed by atoms with Crippen LogP contribution in [0.25, 0.3) is 6.08 Å². The molecule has 3 aromatic rings. The van der Waals surface area contributed by atoms with Crippen molar-refractivity contribution >= 4 is 34.3 Å². The van der Waals surface area contributed by atoms with E-state index in [1.165, 1.54) is 5.56 Å². The van der Waals surface area contributed by atoms with Crippen LogP contribution in [0.4, 0.5) is 10.9 Å². The van der Waals surface area contributed by atoms with Crippen molar-refractivity contribution < 1.29 is 4.79 Å². The van der Waals surface area contributed by atoms with Gasteiger partial charge < -0.3 is 10.2 Å². The van der Waals surface area contributed by atoms with Gasteiger partial charge in [-0.05, 0) is 55.5 Å². The van der Waals surface area contributed by atoms with Gasteiger partial charge in [-0.1, -0.05) is 0 Å². The van der Waals surface area contributed by atoms with Gasteiger partial charge in [-0.3, -0.25) is 9.48 Å². The highest BCUT2D eigenvalue weighted by Gasteiger charge is 2.23. The predicted molar refractivity (Wildman–Crippen MR) is 115 cm³/mol. The Morgan fingerprint density at radius 3 is 2.76 bits per heavy atom. The number of carbonyl (C=O) groups excluding carboxylic acids is 1. The number of hydrogen-bond donors (Lipinski definition) is 1. The van der Waals surface area contributed by atoms with E-state index in [2.05, 4.69) is 32.5 Å². The van der Waals surface area contributed by atoms with Crippen LogP contribution in [0.15, 0.2) is 42.9 Å². The number of pyridine rings is 1. The number of anilines is 2. The second kappa shape index (κ2) is 8.57. The van der Waals surface area contributed by atoms with Crippen LogP contribution in [0.5, 0.6) is 0 Å². The Morgan fingerprint density at radius 1 is 1.24 bits per heavy atom. The minimum atomic E-state index is 0.0564. The van der Waals surface area contributed by atoms with Gasteiger partial charge in [0.05, 0.1) is 5.69 Å². The first-order valence-electron chi connectivity index (χ1n) is 9.69. The zero-order valence-electron chi connectivity index (χ0n) is 16.6. The lowest BCUT2D eigenvalue weighted by molar-refractivity contribution is -0.126. The van der Waals surface area contributed by atoms with Crippen molar-refractivity contribution in [2.24, 2.45) is 7.05 Å². The minimum Gasteiger partial charge on any atom is -0.339 e. The van der Waals surface area contributed by atoms with Gasteiger partial charge in [0.2, 0.25) is 5.91 Å². The molecule has 4 heterocycles. The van der Waals surface area contributed by atoms with Gasteiger partial charge in [0.25, 0.3) is 0 Å². The van der Waals surface area contributed by atoms with Gasteiger partial charge in [-0.2, -0.15) is 5.10 Å². The summed E-state index contributed by atoms with van der Waals surface area (Å²) in [6.45, 7) is 3.56. The number of rotatable bonds is 5. The highest BCUT2D eigenvalue weighted by molar-refractivity contribution is 7.15. The van der Waals surface area contributed by atoms with Crippen LogP contribution in [-0.4, -0.2) is 43.6 Å². The van der Waals surface area contributed by atoms with Gasteiger partial charge in [0.1, 0.15) is 5.82 Å². The summed E-state index contributed by atoms with van der Waals surface area (Å²) >= 11 is 1.61. The largest absolute Gasteiger partial charge is 0.339 e. The molecule has 1 saturated heterocycles. The van der Waals surface area contributed by atoms with Crippen LogP contribution < -0.4 is 5.32 Å². The topological polar surface area (TPSA) is 75.9 Å². The SMILES string of the molecule is Cc1cnc(Nc2cc(C3CCN(C(=O)C=Cc4ccnn4C)CC3)ccn2)s1. The number of thiazole rings is 1. The molecular formula is C21H24N6OS. The van der Waals surface area contributed by atoms with E-state index >= 15 is 0 Å². The number of nitrogens with one attached hydrogen (secondary N) is 1. The van der Waals surface area contributed by atoms with Crippen molar-refractivity contribution in [3.8, 4) is 0 Å². The fourth-order valence-electron chi connectivity index (χ4n) is 3.53. The Bertz CT molecular complexity index is 1020. The van der Waals surface area contributed by atoms with E-state index in [0.717, 1.165) is 47.5 Å². The fourth-order valence-corrected chi connectivity index (χ4v) is 4.21. The number of piperidine rings is 1. The first-order valence-corrected chi connectivity index (χ1v) is 10.5. The van der Waals surface area contributed by atoms with Gasteiger partial charge in [0.15, 0.2) is 5.13 Å². The van der Waals surface area contributed by atoms with Crippen molar-refractivity contribution in [2.45, 2.75) is 25.7 Å². The normalized spacial score (nSPS) is 15.2. The number of aryl methyl sites for hydroxylation is 2. The van der Waals surface area contributed by atoms with Crippen LogP contribution in [-0.2, 0) is 11.8 Å². The smallest absolute Gasteiger partial charge is 0.246 e. The Kier molecular flexibility index (Phi) is 5.71. The van der Waals surface area contributed by atoms with Crippen LogP contribution in [0.1, 0.15) is 34.9 Å². The van der Waals surface area contributed by atoms with Crippen LogP contribution in [0.3, 0.4) is 0 Å². The molecule has 1 N–H and O–H groups in total. The van der Waals surface area contributed by atoms with Crippen molar-refractivity contribution in [2.75, 3.05) is 18.4 Å². The van der Waals surface area contributed by atoms with Crippen LogP contribution in [0.2, 0.25) is 0 Å². The average molecular weight is 409 g/mol. The number of carbonyl (C=O) groups is 1. The Labute approximate surface area is 174 Å². The molecule has 0 aliphatic carbocycles. The zero-order chi connectivity index (χ0) is 20.2. The molecule has 7 nitrogen and oxygen atoms in total. The highest BCUT2D eigenvalue weighted by Crippen LogP contribution is 2.30. The fraction of sp³-hybridized carbons (Fsp3) is 0.333. The highest BCUT2D eigenvalue weighted by atomic mass is 32.1. The third-order valence-electron chi connectivity index (χ3n) is 5.17. The van der Waals surface area contributed by atoms with E-state index in [4.69, 9.17) is 0 Å². The molecule has 0 unspecified atom stereocenters. The van der Waals surface area contributed by atoms with E-state index < -0.39 is 0 Å². The zero-order valence-corrected chi connectivity index (χ0v) is 17.4. The standard InChI is InChI=1S/C21H24N6OS/c1-15-14-23-21(29-15)25-19-13-17(5-9-22-19)16-7-11-27(12-8-16)20(28)4-3-18-6-10-24-26(18)2/h3-6,9-10,13-14,16H,7-8,11-12H2,1-2H3,(H,22,23,25). The molecule has 4 rings (SSSR count). The van der Waals surface area contributed by atoms with E-state index in [-0.39, 0.29) is 5.91 Å². The van der Waals surface area contributed by atoms with Gasteiger partial charge >= 0.3 is 0 Å². The lowest BCUT2D eigenvalue weighted by Crippen LogP contribution is -2.36. The van der Waals surface area contributed by atoms with Gasteiger partial charge in [-0.15, -0.1) is 11.3 Å². The lowest BCUT2D eigenvalue weighted by Gasteiger charge is -2.31. The van der Waals surface area contributed by atoms with E-state index in [1.54, 1.807) is 28.3 Å². The maximum atomic E-state index is 12.5. The van der Waals surface area contributed by atoms with Crippen molar-refractivity contribution in [3.05, 3.63) is 59.0 Å². The number of aromatic nitrogens is 4. The molecule has 1 amide bonds. The number of amides is 1. The molecule has 1 fully saturated rings. The molecule has 0 saturated carbocycles. The van der Waals surface area contributed by atoms with Crippen LogP contribution >= 0.6 is 11.3 Å². The summed E-state index contributed by atoms with van der Waals surface area (Å²) in [5.41, 5.74) is 2.17. The van der Waals surface area contributed by atoms with Crippen molar-refractivity contribution in [1.82, 2.24) is 24.6 Å². The third-order valence-corrected chi connectivity index (χ3v) is 6.00. The molecule has 1 aliphatic rings. The molecule has 29 heavy (non-hydrogen) atoms. The van der Waals surface area contributed by atoms with E-state index in [0.29, 0.717) is 5.92 Å². The quantitative estimate of drug-likeness (QED) is 0.651. The molecule has 0 aromatic carbocycles. The monoisotopic (exact) mass is 408 g/mol. The first-order chi connectivity index (χ1) is 14.1. The van der Waals surface area contributed by atoms with Crippen molar-refractivity contribution in [3.63, 3.8) is 0 Å². The second-order valence-electron chi connectivity index (χ2n) is 7.19. The molecule has 3 aromatic heterocycles. The maximum Gasteiger partial charge on any atom is 0.246 e. The Morgan fingerprint density at radius 2 is 2.07 bits per heavy atom. The first kappa shape index (κ1) is 19.3. The molecule has 150 valence electrons. The second-order valence-corrected chi connectivity index (χ2v) is 8.42. The van der Waals surface area contributed by atoms with Crippen molar-refractivity contribution in [1.29, 1.82) is 0 Å². The average Bonchev–Trinajstić information content (AvgIpc) is 3.34. The third kappa shape index (κ3) is 4.71. The number of likely N-dealkylation sites (tertiary alicyclic amines) is 1. The van der Waals surface area contributed by atoms with Gasteiger partial charge in [0, 0.05) is 49.7 Å². The van der Waals surface area contributed by atoms with E-state index in [1.807, 2.05) is 43.4 Å². The summed E-state index contributed by atoms with van der Waals surface area (Å²) in [4.78, 5) is 24.3. The summed E-state index contributed by atoms with van der Waals surface area (Å²) in [5, 5.41) is 8.25. The Balaban J connectivity index is 1.34. The predicted octanol–water partition coefficient (Wildman–Crippen LogP) is 3.74.